The maximum Gasteiger partial charge on any atom is 0.235 e. The molecule has 0 fully saturated rings. The maximum absolute atomic E-state index is 6.21. The summed E-state index contributed by atoms with van der Waals surface area (Å²) in [7, 11) is 0. The standard InChI is InChI=1S/C60H37N3O/c1-3-13-38(14-4-1)43-25-28-55-51(35-43)52-36-44(45-27-30-58-53(37-45)49-19-10-12-22-57(49)64-58)26-29-56(52)63(55)60-61-54-21-11-9-20-50(54)59(62-60)48-33-46(39-15-5-2-6-16-39)32-47(34-48)42-24-23-40-17-7-8-18-41(40)31-42/h1-37H. The zero-order valence-electron chi connectivity index (χ0n) is 34.6. The number of fused-ring (bicyclic) bond motifs is 8. The zero-order chi connectivity index (χ0) is 42.1. The van der Waals surface area contributed by atoms with Crippen molar-refractivity contribution in [3.8, 4) is 61.7 Å². The molecular formula is C60H37N3O. The summed E-state index contributed by atoms with van der Waals surface area (Å²) in [6.45, 7) is 0. The summed E-state index contributed by atoms with van der Waals surface area (Å²) in [6, 6.07) is 80.1. The van der Waals surface area contributed by atoms with E-state index in [-0.39, 0.29) is 0 Å². The number of benzene rings is 10. The Hall–Kier alpha value is -8.60. The van der Waals surface area contributed by atoms with Crippen molar-refractivity contribution >= 4 is 65.4 Å². The summed E-state index contributed by atoms with van der Waals surface area (Å²) >= 11 is 0. The lowest BCUT2D eigenvalue weighted by molar-refractivity contribution is 0.669. The summed E-state index contributed by atoms with van der Waals surface area (Å²) in [5, 5.41) is 7.92. The first-order chi connectivity index (χ1) is 31.7. The Labute approximate surface area is 369 Å². The summed E-state index contributed by atoms with van der Waals surface area (Å²) in [4.78, 5) is 11.0. The molecule has 13 aromatic rings. The van der Waals surface area contributed by atoms with Crippen LogP contribution < -0.4 is 0 Å². The van der Waals surface area contributed by atoms with Crippen molar-refractivity contribution in [2.75, 3.05) is 0 Å². The van der Waals surface area contributed by atoms with Crippen LogP contribution in [0, 0.1) is 0 Å². The van der Waals surface area contributed by atoms with E-state index >= 15 is 0 Å². The van der Waals surface area contributed by atoms with Gasteiger partial charge in [-0.05, 0) is 128 Å². The van der Waals surface area contributed by atoms with Crippen molar-refractivity contribution in [1.29, 1.82) is 0 Å². The summed E-state index contributed by atoms with van der Waals surface area (Å²) in [5.41, 5.74) is 15.8. The average molecular weight is 816 g/mol. The Balaban J connectivity index is 1.04. The third-order valence-electron chi connectivity index (χ3n) is 12.8. The van der Waals surface area contributed by atoms with Gasteiger partial charge in [0.15, 0.2) is 0 Å². The average Bonchev–Trinajstić information content (AvgIpc) is 3.91. The van der Waals surface area contributed by atoms with Crippen molar-refractivity contribution < 1.29 is 4.42 Å². The van der Waals surface area contributed by atoms with Gasteiger partial charge in [0, 0.05) is 32.5 Å². The van der Waals surface area contributed by atoms with Crippen molar-refractivity contribution in [1.82, 2.24) is 14.5 Å². The minimum Gasteiger partial charge on any atom is -0.456 e. The molecule has 0 saturated carbocycles. The molecule has 4 heteroatoms. The van der Waals surface area contributed by atoms with Gasteiger partial charge in [-0.25, -0.2) is 9.97 Å². The van der Waals surface area contributed by atoms with Gasteiger partial charge in [0.2, 0.25) is 5.95 Å². The van der Waals surface area contributed by atoms with Crippen LogP contribution in [0.5, 0.6) is 0 Å². The van der Waals surface area contributed by atoms with E-state index < -0.39 is 0 Å². The fourth-order valence-corrected chi connectivity index (χ4v) is 9.62. The highest BCUT2D eigenvalue weighted by Gasteiger charge is 2.20. The van der Waals surface area contributed by atoms with Gasteiger partial charge in [0.05, 0.1) is 22.2 Å². The molecule has 0 aliphatic carbocycles. The molecule has 0 aliphatic rings. The first kappa shape index (κ1) is 36.1. The van der Waals surface area contributed by atoms with Gasteiger partial charge in [0.1, 0.15) is 11.2 Å². The van der Waals surface area contributed by atoms with Crippen LogP contribution in [0.1, 0.15) is 0 Å². The molecule has 0 N–H and O–H groups in total. The van der Waals surface area contributed by atoms with Crippen LogP contribution >= 0.6 is 0 Å². The number of hydrogen-bond donors (Lipinski definition) is 0. The second-order valence-electron chi connectivity index (χ2n) is 16.6. The monoisotopic (exact) mass is 815 g/mol. The van der Waals surface area contributed by atoms with E-state index in [2.05, 4.69) is 217 Å². The Morgan fingerprint density at radius 1 is 0.297 bits per heavy atom. The lowest BCUT2D eigenvalue weighted by Gasteiger charge is -2.15. The number of para-hydroxylation sites is 2. The molecule has 0 unspecified atom stereocenters. The number of hydrogen-bond acceptors (Lipinski definition) is 3. The van der Waals surface area contributed by atoms with E-state index in [0.717, 1.165) is 105 Å². The van der Waals surface area contributed by atoms with Gasteiger partial charge in [-0.3, -0.25) is 4.57 Å². The minimum atomic E-state index is 0.623. The second kappa shape index (κ2) is 14.5. The van der Waals surface area contributed by atoms with Crippen molar-refractivity contribution in [2.45, 2.75) is 0 Å². The van der Waals surface area contributed by atoms with Crippen LogP contribution in [-0.2, 0) is 0 Å². The summed E-state index contributed by atoms with van der Waals surface area (Å²) < 4.78 is 8.45. The van der Waals surface area contributed by atoms with Crippen molar-refractivity contribution in [3.63, 3.8) is 0 Å². The SMILES string of the molecule is c1ccc(-c2cc(-c3ccc4ccccc4c3)cc(-c3nc(-n4c5ccc(-c6ccccc6)cc5c5cc(-c6ccc7oc8ccccc8c7c6)ccc54)nc4ccccc34)c2)cc1. The highest BCUT2D eigenvalue weighted by molar-refractivity contribution is 6.12. The highest BCUT2D eigenvalue weighted by atomic mass is 16.3. The molecule has 13 rings (SSSR count). The van der Waals surface area contributed by atoms with Gasteiger partial charge in [-0.2, -0.15) is 0 Å². The molecular weight excluding hydrogens is 779 g/mol. The predicted molar refractivity (Wildman–Crippen MR) is 266 cm³/mol. The number of aromatic nitrogens is 3. The number of furan rings is 1. The van der Waals surface area contributed by atoms with Crippen LogP contribution in [0.3, 0.4) is 0 Å². The van der Waals surface area contributed by atoms with Crippen molar-refractivity contribution in [3.05, 3.63) is 224 Å². The summed E-state index contributed by atoms with van der Waals surface area (Å²) in [6.07, 6.45) is 0. The van der Waals surface area contributed by atoms with Crippen LogP contribution in [0.4, 0.5) is 0 Å². The van der Waals surface area contributed by atoms with Gasteiger partial charge in [0.25, 0.3) is 0 Å². The molecule has 298 valence electrons. The van der Waals surface area contributed by atoms with E-state index in [1.807, 2.05) is 12.1 Å². The van der Waals surface area contributed by atoms with E-state index in [9.17, 15) is 0 Å². The first-order valence-electron chi connectivity index (χ1n) is 21.7. The van der Waals surface area contributed by atoms with E-state index in [1.54, 1.807) is 0 Å². The molecule has 0 spiro atoms. The van der Waals surface area contributed by atoms with Crippen LogP contribution in [0.25, 0.3) is 127 Å². The molecule has 0 atom stereocenters. The molecule has 10 aromatic carbocycles. The molecule has 0 saturated heterocycles. The first-order valence-corrected chi connectivity index (χ1v) is 21.7. The fourth-order valence-electron chi connectivity index (χ4n) is 9.62. The number of rotatable bonds is 6. The van der Waals surface area contributed by atoms with Gasteiger partial charge in [-0.1, -0.05) is 152 Å². The normalized spacial score (nSPS) is 11.8. The minimum absolute atomic E-state index is 0.623. The molecule has 0 aliphatic heterocycles. The Bertz CT molecular complexity index is 3960. The van der Waals surface area contributed by atoms with Gasteiger partial charge >= 0.3 is 0 Å². The van der Waals surface area contributed by atoms with Crippen LogP contribution in [0.2, 0.25) is 0 Å². The zero-order valence-corrected chi connectivity index (χ0v) is 34.6. The molecule has 64 heavy (non-hydrogen) atoms. The second-order valence-corrected chi connectivity index (χ2v) is 16.6. The highest BCUT2D eigenvalue weighted by Crippen LogP contribution is 2.41. The predicted octanol–water partition coefficient (Wildman–Crippen LogP) is 16.1. The fraction of sp³-hybridized carbons (Fsp3) is 0. The third kappa shape index (κ3) is 5.99. The van der Waals surface area contributed by atoms with Crippen LogP contribution in [0.15, 0.2) is 229 Å². The molecule has 0 radical (unpaired) electrons. The molecule has 4 nitrogen and oxygen atoms in total. The van der Waals surface area contributed by atoms with Crippen LogP contribution in [-0.4, -0.2) is 14.5 Å². The van der Waals surface area contributed by atoms with Gasteiger partial charge < -0.3 is 4.42 Å². The molecule has 0 amide bonds. The third-order valence-corrected chi connectivity index (χ3v) is 12.8. The van der Waals surface area contributed by atoms with Crippen molar-refractivity contribution in [2.24, 2.45) is 0 Å². The molecule has 0 bridgehead atoms. The summed E-state index contributed by atoms with van der Waals surface area (Å²) in [5.74, 6) is 0.623. The Morgan fingerprint density at radius 2 is 0.812 bits per heavy atom. The Morgan fingerprint density at radius 3 is 1.56 bits per heavy atom. The number of nitrogens with zero attached hydrogens (tertiary/aromatic N) is 3. The quantitative estimate of drug-likeness (QED) is 0.168. The smallest absolute Gasteiger partial charge is 0.235 e. The van der Waals surface area contributed by atoms with E-state index in [0.29, 0.717) is 5.95 Å². The maximum atomic E-state index is 6.21. The van der Waals surface area contributed by atoms with E-state index in [1.165, 1.54) is 16.3 Å². The lowest BCUT2D eigenvalue weighted by Crippen LogP contribution is -2.03. The largest absolute Gasteiger partial charge is 0.456 e. The molecule has 3 heterocycles. The Kier molecular flexibility index (Phi) is 8.18. The lowest BCUT2D eigenvalue weighted by atomic mass is 9.93. The van der Waals surface area contributed by atoms with Gasteiger partial charge in [-0.15, -0.1) is 0 Å². The molecule has 3 aromatic heterocycles. The topological polar surface area (TPSA) is 43.9 Å². The van der Waals surface area contributed by atoms with E-state index in [4.69, 9.17) is 14.4 Å².